The maximum absolute atomic E-state index is 5.74. The largest absolute Gasteiger partial charge is 0.348 e. The van der Waals surface area contributed by atoms with Crippen molar-refractivity contribution < 1.29 is 9.47 Å². The molecule has 0 amide bonds. The van der Waals surface area contributed by atoms with Crippen molar-refractivity contribution in [1.29, 1.82) is 0 Å². The van der Waals surface area contributed by atoms with Crippen LogP contribution in [0.5, 0.6) is 0 Å². The zero-order chi connectivity index (χ0) is 12.1. The summed E-state index contributed by atoms with van der Waals surface area (Å²) >= 11 is 1.93. The second-order valence-corrected chi connectivity index (χ2v) is 6.26. The molecule has 1 heterocycles. The van der Waals surface area contributed by atoms with E-state index in [0.29, 0.717) is 6.04 Å². The summed E-state index contributed by atoms with van der Waals surface area (Å²) in [4.78, 5) is 0. The summed E-state index contributed by atoms with van der Waals surface area (Å²) in [5.74, 6) is 1.80. The molecule has 17 heavy (non-hydrogen) atoms. The first kappa shape index (κ1) is 13.7. The summed E-state index contributed by atoms with van der Waals surface area (Å²) in [5, 5.41) is 3.69. The maximum atomic E-state index is 5.74. The van der Waals surface area contributed by atoms with E-state index in [1.165, 1.54) is 18.6 Å². The maximum Gasteiger partial charge on any atom is 0.168 e. The van der Waals surface area contributed by atoms with Gasteiger partial charge in [-0.05, 0) is 37.3 Å². The lowest BCUT2D eigenvalue weighted by Crippen LogP contribution is -2.43. The molecule has 0 aromatic heterocycles. The van der Waals surface area contributed by atoms with Crippen LogP contribution in [0, 0.1) is 5.92 Å². The number of hydrogen-bond donors (Lipinski definition) is 1. The molecule has 1 N–H and O–H groups in total. The number of thioether (sulfide) groups is 1. The van der Waals surface area contributed by atoms with Crippen LogP contribution in [0.4, 0.5) is 0 Å². The molecule has 0 aromatic rings. The molecule has 1 atom stereocenters. The molecule has 3 nitrogen and oxygen atoms in total. The number of rotatable bonds is 5. The Bertz CT molecular complexity index is 221. The molecule has 2 rings (SSSR count). The van der Waals surface area contributed by atoms with Crippen molar-refractivity contribution in [1.82, 2.24) is 5.32 Å². The lowest BCUT2D eigenvalue weighted by atomic mass is 9.90. The van der Waals surface area contributed by atoms with Gasteiger partial charge in [-0.25, -0.2) is 0 Å². The highest BCUT2D eigenvalue weighted by molar-refractivity contribution is 7.98. The number of nitrogens with one attached hydrogen (secondary N) is 1. The highest BCUT2D eigenvalue weighted by atomic mass is 32.2. The second kappa shape index (κ2) is 6.41. The first-order valence-corrected chi connectivity index (χ1v) is 8.14. The van der Waals surface area contributed by atoms with E-state index in [1.807, 2.05) is 11.8 Å². The van der Waals surface area contributed by atoms with Gasteiger partial charge in [0.05, 0.1) is 13.2 Å². The van der Waals surface area contributed by atoms with E-state index in [0.717, 1.165) is 38.5 Å². The standard InChI is InChI=1S/C13H25NO2S/c1-11(10-17-2)9-14-12-3-5-13(6-4-12)15-7-8-16-13/h11-12,14H,3-10H2,1-2H3. The minimum Gasteiger partial charge on any atom is -0.348 e. The fourth-order valence-electron chi connectivity index (χ4n) is 2.76. The van der Waals surface area contributed by atoms with Crippen LogP contribution in [-0.4, -0.2) is 43.6 Å². The summed E-state index contributed by atoms with van der Waals surface area (Å²) in [6.45, 7) is 5.02. The minimum atomic E-state index is -0.205. The summed E-state index contributed by atoms with van der Waals surface area (Å²) in [7, 11) is 0. The van der Waals surface area contributed by atoms with Gasteiger partial charge in [0.1, 0.15) is 0 Å². The van der Waals surface area contributed by atoms with Crippen molar-refractivity contribution in [3.05, 3.63) is 0 Å². The molecule has 0 radical (unpaired) electrons. The Kier molecular flexibility index (Phi) is 5.15. The average molecular weight is 259 g/mol. The number of hydrogen-bond acceptors (Lipinski definition) is 4. The predicted octanol–water partition coefficient (Wildman–Crippen LogP) is 2.26. The molecular formula is C13H25NO2S. The van der Waals surface area contributed by atoms with Gasteiger partial charge < -0.3 is 14.8 Å². The minimum absolute atomic E-state index is 0.205. The van der Waals surface area contributed by atoms with E-state index in [-0.39, 0.29) is 5.79 Å². The van der Waals surface area contributed by atoms with E-state index in [4.69, 9.17) is 9.47 Å². The smallest absolute Gasteiger partial charge is 0.168 e. The van der Waals surface area contributed by atoms with E-state index in [1.54, 1.807) is 0 Å². The van der Waals surface area contributed by atoms with Crippen molar-refractivity contribution in [2.75, 3.05) is 31.8 Å². The molecule has 1 unspecified atom stereocenters. The topological polar surface area (TPSA) is 30.5 Å². The SMILES string of the molecule is CSCC(C)CNC1CCC2(CC1)OCCO2. The molecule has 0 aromatic carbocycles. The Morgan fingerprint density at radius 1 is 1.29 bits per heavy atom. The highest BCUT2D eigenvalue weighted by Gasteiger charge is 2.40. The van der Waals surface area contributed by atoms with Crippen LogP contribution in [0.1, 0.15) is 32.6 Å². The fourth-order valence-corrected chi connectivity index (χ4v) is 3.45. The van der Waals surface area contributed by atoms with Gasteiger partial charge in [-0.3, -0.25) is 0 Å². The Morgan fingerprint density at radius 3 is 2.53 bits per heavy atom. The lowest BCUT2D eigenvalue weighted by Gasteiger charge is -2.36. The van der Waals surface area contributed by atoms with Crippen molar-refractivity contribution in [2.24, 2.45) is 5.92 Å². The van der Waals surface area contributed by atoms with Crippen LogP contribution in [-0.2, 0) is 9.47 Å². The van der Waals surface area contributed by atoms with Crippen LogP contribution in [0.2, 0.25) is 0 Å². The van der Waals surface area contributed by atoms with Gasteiger partial charge in [-0.2, -0.15) is 11.8 Å². The third-order valence-corrected chi connectivity index (χ3v) is 4.67. The predicted molar refractivity (Wildman–Crippen MR) is 72.4 cm³/mol. The third kappa shape index (κ3) is 3.85. The second-order valence-electron chi connectivity index (χ2n) is 5.35. The van der Waals surface area contributed by atoms with Gasteiger partial charge in [-0.15, -0.1) is 0 Å². The van der Waals surface area contributed by atoms with Gasteiger partial charge in [-0.1, -0.05) is 6.92 Å². The average Bonchev–Trinajstić information content (AvgIpc) is 2.78. The summed E-state index contributed by atoms with van der Waals surface area (Å²) in [5.41, 5.74) is 0. The van der Waals surface area contributed by atoms with Crippen molar-refractivity contribution in [2.45, 2.75) is 44.4 Å². The summed E-state index contributed by atoms with van der Waals surface area (Å²) < 4.78 is 11.5. The first-order chi connectivity index (χ1) is 8.24. The molecule has 1 aliphatic carbocycles. The van der Waals surface area contributed by atoms with Crippen molar-refractivity contribution in [3.8, 4) is 0 Å². The fraction of sp³-hybridized carbons (Fsp3) is 1.00. The first-order valence-electron chi connectivity index (χ1n) is 6.74. The Morgan fingerprint density at radius 2 is 1.94 bits per heavy atom. The Labute approximate surface area is 109 Å². The Hall–Kier alpha value is 0.230. The van der Waals surface area contributed by atoms with E-state index in [9.17, 15) is 0 Å². The molecule has 100 valence electrons. The van der Waals surface area contributed by atoms with Crippen LogP contribution in [0.15, 0.2) is 0 Å². The third-order valence-electron chi connectivity index (χ3n) is 3.77. The van der Waals surface area contributed by atoms with Gasteiger partial charge in [0.25, 0.3) is 0 Å². The Balaban J connectivity index is 1.65. The van der Waals surface area contributed by atoms with Gasteiger partial charge >= 0.3 is 0 Å². The quantitative estimate of drug-likeness (QED) is 0.820. The molecule has 2 aliphatic rings. The number of ether oxygens (including phenoxy) is 2. The molecule has 4 heteroatoms. The zero-order valence-electron chi connectivity index (χ0n) is 11.0. The normalized spacial score (nSPS) is 26.5. The summed E-state index contributed by atoms with van der Waals surface area (Å²) in [6, 6.07) is 0.665. The van der Waals surface area contributed by atoms with Crippen LogP contribution < -0.4 is 5.32 Å². The van der Waals surface area contributed by atoms with E-state index in [2.05, 4.69) is 18.5 Å². The summed E-state index contributed by atoms with van der Waals surface area (Å²) in [6.07, 6.45) is 6.66. The van der Waals surface area contributed by atoms with Crippen LogP contribution in [0.25, 0.3) is 0 Å². The highest BCUT2D eigenvalue weighted by Crippen LogP contribution is 2.35. The van der Waals surface area contributed by atoms with Gasteiger partial charge in [0.2, 0.25) is 0 Å². The zero-order valence-corrected chi connectivity index (χ0v) is 11.9. The molecule has 0 bridgehead atoms. The van der Waals surface area contributed by atoms with Gasteiger partial charge in [0.15, 0.2) is 5.79 Å². The molecule has 1 aliphatic heterocycles. The van der Waals surface area contributed by atoms with E-state index >= 15 is 0 Å². The van der Waals surface area contributed by atoms with Crippen LogP contribution in [0.3, 0.4) is 0 Å². The van der Waals surface area contributed by atoms with Crippen molar-refractivity contribution in [3.63, 3.8) is 0 Å². The van der Waals surface area contributed by atoms with Crippen LogP contribution >= 0.6 is 11.8 Å². The lowest BCUT2D eigenvalue weighted by molar-refractivity contribution is -0.179. The van der Waals surface area contributed by atoms with Crippen molar-refractivity contribution >= 4 is 11.8 Å². The molecule has 2 fully saturated rings. The monoisotopic (exact) mass is 259 g/mol. The molecule has 1 spiro atoms. The molecule has 1 saturated carbocycles. The molecular weight excluding hydrogens is 234 g/mol. The molecule has 1 saturated heterocycles. The van der Waals surface area contributed by atoms with Gasteiger partial charge in [0, 0.05) is 18.9 Å². The van der Waals surface area contributed by atoms with E-state index < -0.39 is 0 Å².